The molecule has 0 aliphatic rings. The third-order valence-corrected chi connectivity index (χ3v) is 14.8. The first-order valence-electron chi connectivity index (χ1n) is 20.8. The van der Waals surface area contributed by atoms with Gasteiger partial charge in [0.1, 0.15) is 22.1 Å². The van der Waals surface area contributed by atoms with Crippen molar-refractivity contribution in [2.24, 2.45) is 0 Å². The summed E-state index contributed by atoms with van der Waals surface area (Å²) in [5.41, 5.74) is 7.88. The number of aliphatic hydroxyl groups is 1. The Morgan fingerprint density at radius 3 is 1.85 bits per heavy atom. The van der Waals surface area contributed by atoms with E-state index in [1.54, 1.807) is 119 Å². The lowest BCUT2D eigenvalue weighted by Crippen LogP contribution is -2.55. The van der Waals surface area contributed by atoms with Crippen molar-refractivity contribution in [1.82, 2.24) is 39.4 Å². The normalized spacial score (nSPS) is 12.6. The summed E-state index contributed by atoms with van der Waals surface area (Å²) >= 11 is 0. The third-order valence-electron chi connectivity index (χ3n) is 11.0. The van der Waals surface area contributed by atoms with Gasteiger partial charge in [0, 0.05) is 24.2 Å². The molecule has 7 aromatic rings. The molecular formula is C46H51N9O10S2. The number of amides is 1. The molecule has 67 heavy (non-hydrogen) atoms. The van der Waals surface area contributed by atoms with Crippen LogP contribution in [0.2, 0.25) is 0 Å². The number of H-pyrrole nitrogens is 1. The second-order valence-electron chi connectivity index (χ2n) is 16.5. The number of ether oxygens (including phenoxy) is 3. The molecule has 352 valence electrons. The Kier molecular flexibility index (Phi) is 13.9. The van der Waals surface area contributed by atoms with E-state index in [1.807, 2.05) is 0 Å². The quantitative estimate of drug-likeness (QED) is 0.0787. The lowest BCUT2D eigenvalue weighted by Gasteiger charge is -2.38. The van der Waals surface area contributed by atoms with E-state index in [4.69, 9.17) is 25.0 Å². The van der Waals surface area contributed by atoms with Gasteiger partial charge in [0.05, 0.1) is 67.8 Å². The maximum atomic E-state index is 16.1. The number of methoxy groups -OCH3 is 3. The fourth-order valence-corrected chi connectivity index (χ4v) is 11.8. The zero-order chi connectivity index (χ0) is 48.3. The number of carboxylic acid groups (broad SMARTS) is 1. The van der Waals surface area contributed by atoms with Gasteiger partial charge in [-0.15, -0.1) is 10.2 Å². The molecule has 0 saturated heterocycles. The third kappa shape index (κ3) is 10.3. The van der Waals surface area contributed by atoms with Gasteiger partial charge in [0.15, 0.2) is 15.8 Å². The van der Waals surface area contributed by atoms with E-state index < -0.39 is 59.7 Å². The van der Waals surface area contributed by atoms with Gasteiger partial charge in [-0.25, -0.2) is 26.6 Å². The van der Waals surface area contributed by atoms with E-state index in [0.717, 1.165) is 20.8 Å². The van der Waals surface area contributed by atoms with Gasteiger partial charge in [-0.2, -0.15) is 9.10 Å². The highest BCUT2D eigenvalue weighted by molar-refractivity contribution is 7.93. The molecule has 0 spiro atoms. The van der Waals surface area contributed by atoms with Crippen LogP contribution in [0.4, 0.5) is 10.7 Å². The summed E-state index contributed by atoms with van der Waals surface area (Å²) in [6.45, 7) is 3.31. The minimum atomic E-state index is -5.05. The predicted molar refractivity (Wildman–Crippen MR) is 250 cm³/mol. The SMILES string of the molecule is COc1ccc(CN(Cc2ccc(OC)cc2)S(=O)(=O)c2c(S(=O)(=O)C[C@H](CO)N(C(=O)O)C(C)(C)C)ccc(-c3cccc4[nH]c(N)nc34)c2-c2nnn(Cc3ccc(OC)cc3)n2)cc1. The number of para-hydroxylation sites is 1. The van der Waals surface area contributed by atoms with Crippen LogP contribution in [0.5, 0.6) is 17.2 Å². The number of nitrogens with two attached hydrogens (primary N) is 1. The zero-order valence-electron chi connectivity index (χ0n) is 37.6. The Hall–Kier alpha value is -7.07. The van der Waals surface area contributed by atoms with Gasteiger partial charge in [0.2, 0.25) is 15.8 Å². The summed E-state index contributed by atoms with van der Waals surface area (Å²) < 4.78 is 79.8. The molecule has 0 unspecified atom stereocenters. The lowest BCUT2D eigenvalue weighted by molar-refractivity contribution is 0.0543. The van der Waals surface area contributed by atoms with E-state index >= 15 is 16.8 Å². The molecular weight excluding hydrogens is 903 g/mol. The maximum Gasteiger partial charge on any atom is 0.408 e. The second-order valence-corrected chi connectivity index (χ2v) is 20.4. The fourth-order valence-electron chi connectivity index (χ4n) is 7.85. The van der Waals surface area contributed by atoms with E-state index in [-0.39, 0.29) is 42.5 Å². The number of hydrogen-bond acceptors (Lipinski definition) is 14. The summed E-state index contributed by atoms with van der Waals surface area (Å²) in [6.07, 6.45) is -1.49. The molecule has 0 bridgehead atoms. The molecule has 0 fully saturated rings. The van der Waals surface area contributed by atoms with Crippen molar-refractivity contribution >= 4 is 42.9 Å². The maximum absolute atomic E-state index is 16.1. The number of hydrogen-bond donors (Lipinski definition) is 4. The van der Waals surface area contributed by atoms with Gasteiger partial charge in [-0.05, 0) is 96.8 Å². The minimum absolute atomic E-state index is 0.0710. The number of nitrogen functional groups attached to an aromatic ring is 1. The molecule has 2 aromatic heterocycles. The minimum Gasteiger partial charge on any atom is -0.497 e. The monoisotopic (exact) mass is 953 g/mol. The number of rotatable bonds is 18. The Morgan fingerprint density at radius 2 is 1.34 bits per heavy atom. The molecule has 7 rings (SSSR count). The molecule has 1 amide bonds. The number of sulfonamides is 1. The average molecular weight is 954 g/mol. The first-order valence-corrected chi connectivity index (χ1v) is 23.9. The molecule has 0 aliphatic heterocycles. The molecule has 0 aliphatic carbocycles. The number of benzene rings is 5. The fraction of sp³-hybridized carbons (Fsp3) is 0.283. The van der Waals surface area contributed by atoms with Crippen LogP contribution in [0, 0.1) is 0 Å². The van der Waals surface area contributed by atoms with Crippen LogP contribution in [0.15, 0.2) is 113 Å². The Bertz CT molecular complexity index is 3050. The summed E-state index contributed by atoms with van der Waals surface area (Å²) in [4.78, 5) is 20.8. The predicted octanol–water partition coefficient (Wildman–Crippen LogP) is 5.84. The number of aliphatic hydroxyl groups excluding tert-OH is 1. The Morgan fingerprint density at radius 1 is 0.791 bits per heavy atom. The standard InChI is InChI=1S/C46H51N9O10S2/c1-46(2,3)55(45(57)58)32(27-56)28-66(59,60)39-23-22-36(37-8-7-9-38-41(37)49-44(47)48-38)40(43-50-52-54(51-43)26-31-14-20-35(65-6)21-15-31)42(39)67(61,62)53(24-29-10-16-33(63-4)17-11-29)25-30-12-18-34(64-5)19-13-30/h7-23,32,56H,24-28H2,1-6H3,(H,57,58)(H3,47,48,49)/t32-/m0/s1. The summed E-state index contributed by atoms with van der Waals surface area (Å²) in [5.74, 6) is 0.480. The number of aromatic amines is 1. The smallest absolute Gasteiger partial charge is 0.408 e. The Labute approximate surface area is 387 Å². The number of fused-ring (bicyclic) bond motifs is 1. The van der Waals surface area contributed by atoms with Gasteiger partial charge in [0.25, 0.3) is 0 Å². The van der Waals surface area contributed by atoms with Crippen LogP contribution in [0.3, 0.4) is 0 Å². The van der Waals surface area contributed by atoms with Crippen LogP contribution >= 0.6 is 0 Å². The van der Waals surface area contributed by atoms with Crippen molar-refractivity contribution in [2.45, 2.75) is 61.8 Å². The summed E-state index contributed by atoms with van der Waals surface area (Å²) in [5, 5.41) is 34.3. The van der Waals surface area contributed by atoms with Crippen LogP contribution in [0.1, 0.15) is 37.5 Å². The van der Waals surface area contributed by atoms with E-state index in [1.165, 1.54) is 25.1 Å². The number of aromatic nitrogens is 6. The van der Waals surface area contributed by atoms with Crippen LogP contribution < -0.4 is 19.9 Å². The topological polar surface area (TPSA) is 258 Å². The number of anilines is 1. The van der Waals surface area contributed by atoms with E-state index in [9.17, 15) is 15.0 Å². The first-order chi connectivity index (χ1) is 31.9. The summed E-state index contributed by atoms with van der Waals surface area (Å²) in [6, 6.07) is 26.7. The zero-order valence-corrected chi connectivity index (χ0v) is 39.2. The van der Waals surface area contributed by atoms with Gasteiger partial charge in [-0.1, -0.05) is 54.6 Å². The highest BCUT2D eigenvalue weighted by atomic mass is 32.2. The molecule has 21 heteroatoms. The second kappa shape index (κ2) is 19.4. The van der Waals surface area contributed by atoms with Crippen LogP contribution in [0.25, 0.3) is 33.5 Å². The number of nitrogens with one attached hydrogen (secondary N) is 1. The number of imidazole rings is 1. The molecule has 19 nitrogen and oxygen atoms in total. The van der Waals surface area contributed by atoms with Crippen molar-refractivity contribution in [3.05, 3.63) is 120 Å². The lowest BCUT2D eigenvalue weighted by atomic mass is 9.98. The summed E-state index contributed by atoms with van der Waals surface area (Å²) in [7, 11) is -5.38. The van der Waals surface area contributed by atoms with Gasteiger partial charge in [-0.3, -0.25) is 4.90 Å². The number of carbonyl (C=O) groups is 1. The van der Waals surface area contributed by atoms with Gasteiger partial charge >= 0.3 is 6.09 Å². The number of nitrogens with zero attached hydrogens (tertiary/aromatic N) is 7. The molecule has 2 heterocycles. The molecule has 1 atom stereocenters. The van der Waals surface area contributed by atoms with Crippen LogP contribution in [-0.4, -0.2) is 118 Å². The Balaban J connectivity index is 1.54. The number of tetrazole rings is 1. The van der Waals surface area contributed by atoms with Gasteiger partial charge < -0.3 is 35.1 Å². The largest absolute Gasteiger partial charge is 0.497 e. The van der Waals surface area contributed by atoms with Crippen molar-refractivity contribution in [3.8, 4) is 39.8 Å². The van der Waals surface area contributed by atoms with E-state index in [2.05, 4.69) is 20.3 Å². The number of sulfone groups is 1. The van der Waals surface area contributed by atoms with Crippen molar-refractivity contribution in [2.75, 3.05) is 39.4 Å². The molecule has 5 aromatic carbocycles. The molecule has 0 saturated carbocycles. The molecule has 0 radical (unpaired) electrons. The van der Waals surface area contributed by atoms with Crippen molar-refractivity contribution in [1.29, 1.82) is 0 Å². The van der Waals surface area contributed by atoms with Crippen molar-refractivity contribution < 1.29 is 46.1 Å². The van der Waals surface area contributed by atoms with Crippen LogP contribution in [-0.2, 0) is 39.5 Å². The average Bonchev–Trinajstić information content (AvgIpc) is 3.93. The highest BCUT2D eigenvalue weighted by Gasteiger charge is 2.41. The van der Waals surface area contributed by atoms with Crippen molar-refractivity contribution in [3.63, 3.8) is 0 Å². The molecule has 5 N–H and O–H groups in total. The first kappa shape index (κ1) is 47.9. The highest BCUT2D eigenvalue weighted by Crippen LogP contribution is 2.43. The van der Waals surface area contributed by atoms with E-state index in [0.29, 0.717) is 45.0 Å².